The number of ether oxygens (including phenoxy) is 2. The third kappa shape index (κ3) is 3.67. The number of benzene rings is 1. The Morgan fingerprint density at radius 2 is 2.21 bits per heavy atom. The Bertz CT molecular complexity index is 484. The molecule has 1 unspecified atom stereocenters. The van der Waals surface area contributed by atoms with Crippen LogP contribution in [-0.4, -0.2) is 18.2 Å². The topological polar surface area (TPSA) is 35.5 Å². The fourth-order valence-electron chi connectivity index (χ4n) is 2.15. The molecule has 0 saturated carbocycles. The van der Waals surface area contributed by atoms with Crippen molar-refractivity contribution < 1.29 is 14.3 Å². The van der Waals surface area contributed by atoms with E-state index in [2.05, 4.69) is 15.9 Å². The molecule has 1 aliphatic heterocycles. The molecule has 0 spiro atoms. The number of rotatable bonds is 3. The van der Waals surface area contributed by atoms with Crippen LogP contribution >= 0.6 is 15.9 Å². The number of esters is 1. The number of hydrogen-bond donors (Lipinski definition) is 0. The first-order valence-electron chi connectivity index (χ1n) is 6.36. The second-order valence-corrected chi connectivity index (χ2v) is 5.43. The van der Waals surface area contributed by atoms with E-state index in [1.54, 1.807) is 0 Å². The fourth-order valence-corrected chi connectivity index (χ4v) is 2.57. The summed E-state index contributed by atoms with van der Waals surface area (Å²) in [6.07, 6.45) is 4.19. The summed E-state index contributed by atoms with van der Waals surface area (Å²) in [5.74, 6) is -0.280. The molecule has 4 heteroatoms. The lowest BCUT2D eigenvalue weighted by molar-refractivity contribution is -0.154. The van der Waals surface area contributed by atoms with Crippen molar-refractivity contribution >= 4 is 21.9 Å². The Hall–Kier alpha value is -1.13. The molecule has 19 heavy (non-hydrogen) atoms. The van der Waals surface area contributed by atoms with Crippen LogP contribution in [-0.2, 0) is 14.3 Å². The Morgan fingerprint density at radius 3 is 2.84 bits per heavy atom. The summed E-state index contributed by atoms with van der Waals surface area (Å²) in [6.45, 7) is 3.44. The molecule has 1 heterocycles. The van der Waals surface area contributed by atoms with Gasteiger partial charge < -0.3 is 9.47 Å². The van der Waals surface area contributed by atoms with E-state index >= 15 is 0 Å². The van der Waals surface area contributed by atoms with Gasteiger partial charge >= 0.3 is 5.97 Å². The average molecular weight is 325 g/mol. The fraction of sp³-hybridized carbons (Fsp3) is 0.400. The van der Waals surface area contributed by atoms with Gasteiger partial charge in [-0.05, 0) is 30.2 Å². The number of halogens is 1. The summed E-state index contributed by atoms with van der Waals surface area (Å²) < 4.78 is 12.3. The predicted octanol–water partition coefficient (Wildman–Crippen LogP) is 3.79. The molecule has 3 nitrogen and oxygen atoms in total. The molecule has 2 rings (SSSR count). The van der Waals surface area contributed by atoms with Gasteiger partial charge in [0.2, 0.25) is 0 Å². The molecule has 1 aromatic carbocycles. The zero-order valence-electron chi connectivity index (χ0n) is 11.0. The van der Waals surface area contributed by atoms with Crippen LogP contribution in [0.2, 0.25) is 0 Å². The highest BCUT2D eigenvalue weighted by atomic mass is 79.9. The van der Waals surface area contributed by atoms with E-state index in [1.807, 2.05) is 43.3 Å². The summed E-state index contributed by atoms with van der Waals surface area (Å²) >= 11 is 3.46. The van der Waals surface area contributed by atoms with Crippen LogP contribution in [0.3, 0.4) is 0 Å². The van der Waals surface area contributed by atoms with Gasteiger partial charge in [-0.2, -0.15) is 0 Å². The summed E-state index contributed by atoms with van der Waals surface area (Å²) in [5, 5.41) is 0. The Kier molecular flexibility index (Phi) is 4.77. The predicted molar refractivity (Wildman–Crippen MR) is 76.7 cm³/mol. The monoisotopic (exact) mass is 324 g/mol. The highest BCUT2D eigenvalue weighted by Gasteiger charge is 2.28. The van der Waals surface area contributed by atoms with E-state index < -0.39 is 0 Å². The van der Waals surface area contributed by atoms with Crippen molar-refractivity contribution in [3.8, 4) is 0 Å². The molecule has 0 radical (unpaired) electrons. The lowest BCUT2D eigenvalue weighted by atomic mass is 10.0. The van der Waals surface area contributed by atoms with Gasteiger partial charge in [-0.25, -0.2) is 0 Å². The maximum atomic E-state index is 11.1. The van der Waals surface area contributed by atoms with Crippen LogP contribution in [0.1, 0.15) is 31.9 Å². The maximum absolute atomic E-state index is 11.1. The summed E-state index contributed by atoms with van der Waals surface area (Å²) in [5.41, 5.74) is 1.09. The molecular weight excluding hydrogens is 308 g/mol. The summed E-state index contributed by atoms with van der Waals surface area (Å²) in [4.78, 5) is 11.1. The molecule has 0 N–H and O–H groups in total. The lowest BCUT2D eigenvalue weighted by Crippen LogP contribution is -2.35. The Balaban J connectivity index is 2.16. The van der Waals surface area contributed by atoms with Crippen molar-refractivity contribution in [1.29, 1.82) is 0 Å². The second-order valence-electron chi connectivity index (χ2n) is 4.52. The highest BCUT2D eigenvalue weighted by Crippen LogP contribution is 2.30. The van der Waals surface area contributed by atoms with E-state index in [1.165, 1.54) is 6.92 Å². The van der Waals surface area contributed by atoms with Crippen LogP contribution in [0.4, 0.5) is 0 Å². The van der Waals surface area contributed by atoms with Gasteiger partial charge in [0.25, 0.3) is 0 Å². The van der Waals surface area contributed by atoms with Gasteiger partial charge in [0.15, 0.2) is 0 Å². The zero-order chi connectivity index (χ0) is 13.8. The molecule has 0 saturated heterocycles. The molecule has 0 amide bonds. The van der Waals surface area contributed by atoms with Crippen molar-refractivity contribution in [2.45, 2.75) is 38.6 Å². The van der Waals surface area contributed by atoms with Gasteiger partial charge in [0, 0.05) is 11.4 Å². The van der Waals surface area contributed by atoms with E-state index in [0.29, 0.717) is 0 Å². The van der Waals surface area contributed by atoms with Crippen molar-refractivity contribution in [2.75, 3.05) is 0 Å². The van der Waals surface area contributed by atoms with Gasteiger partial charge in [-0.3, -0.25) is 4.79 Å². The van der Waals surface area contributed by atoms with Gasteiger partial charge in [0.1, 0.15) is 12.2 Å². The lowest BCUT2D eigenvalue weighted by Gasteiger charge is -2.31. The quantitative estimate of drug-likeness (QED) is 0.627. The van der Waals surface area contributed by atoms with E-state index in [9.17, 15) is 4.79 Å². The van der Waals surface area contributed by atoms with Gasteiger partial charge in [0.05, 0.1) is 6.10 Å². The molecule has 102 valence electrons. The van der Waals surface area contributed by atoms with Crippen LogP contribution in [0.5, 0.6) is 0 Å². The number of carbonyl (C=O) groups is 1. The third-order valence-electron chi connectivity index (χ3n) is 3.05. The Labute approximate surface area is 121 Å². The standard InChI is InChI=1S/C15H17BrO3/c1-3-13-15(18-10(2)17)8-7-14(19-13)11-5-4-6-12(16)9-11/h4-9,13-15H,3H2,1-2H3/t13-,14?,15+/m1/s1. The normalized spacial score (nSPS) is 26.2. The molecule has 1 aliphatic rings. The molecule has 1 aromatic rings. The minimum absolute atomic E-state index is 0.0886. The van der Waals surface area contributed by atoms with Crippen molar-refractivity contribution in [3.63, 3.8) is 0 Å². The third-order valence-corrected chi connectivity index (χ3v) is 3.54. The number of hydrogen-bond acceptors (Lipinski definition) is 3. The highest BCUT2D eigenvalue weighted by molar-refractivity contribution is 9.10. The molecule has 0 aromatic heterocycles. The minimum Gasteiger partial charge on any atom is -0.456 e. The molecule has 3 atom stereocenters. The average Bonchev–Trinajstić information content (AvgIpc) is 2.38. The molecular formula is C15H17BrO3. The van der Waals surface area contributed by atoms with E-state index in [-0.39, 0.29) is 24.3 Å². The smallest absolute Gasteiger partial charge is 0.303 e. The van der Waals surface area contributed by atoms with Crippen molar-refractivity contribution in [2.24, 2.45) is 0 Å². The first-order valence-corrected chi connectivity index (χ1v) is 7.16. The largest absolute Gasteiger partial charge is 0.456 e. The number of carbonyl (C=O) groups excluding carboxylic acids is 1. The Morgan fingerprint density at radius 1 is 1.42 bits per heavy atom. The van der Waals surface area contributed by atoms with E-state index in [0.717, 1.165) is 16.5 Å². The van der Waals surface area contributed by atoms with Crippen LogP contribution < -0.4 is 0 Å². The second kappa shape index (κ2) is 6.35. The molecule has 0 fully saturated rings. The van der Waals surface area contributed by atoms with Crippen molar-refractivity contribution in [1.82, 2.24) is 0 Å². The summed E-state index contributed by atoms with van der Waals surface area (Å²) in [6, 6.07) is 8.03. The molecule has 0 aliphatic carbocycles. The summed E-state index contributed by atoms with van der Waals surface area (Å²) in [7, 11) is 0. The maximum Gasteiger partial charge on any atom is 0.303 e. The van der Waals surface area contributed by atoms with Crippen LogP contribution in [0, 0.1) is 0 Å². The van der Waals surface area contributed by atoms with Crippen molar-refractivity contribution in [3.05, 3.63) is 46.5 Å². The zero-order valence-corrected chi connectivity index (χ0v) is 12.6. The first-order chi connectivity index (χ1) is 9.10. The SMILES string of the molecule is CC[C@H]1OC(c2cccc(Br)c2)C=C[C@@H]1OC(C)=O. The molecule has 0 bridgehead atoms. The van der Waals surface area contributed by atoms with Crippen LogP contribution in [0.15, 0.2) is 40.9 Å². The minimum atomic E-state index is -0.286. The van der Waals surface area contributed by atoms with E-state index in [4.69, 9.17) is 9.47 Å². The van der Waals surface area contributed by atoms with Gasteiger partial charge in [-0.1, -0.05) is 41.1 Å². The van der Waals surface area contributed by atoms with Gasteiger partial charge in [-0.15, -0.1) is 0 Å². The van der Waals surface area contributed by atoms with Crippen LogP contribution in [0.25, 0.3) is 0 Å². The first kappa shape index (κ1) is 14.3.